The molecule has 0 unspecified atom stereocenters. The minimum atomic E-state index is 0.885. The van der Waals surface area contributed by atoms with Gasteiger partial charge in [-0.15, -0.1) is 0 Å². The Labute approximate surface area is 69.2 Å². The van der Waals surface area contributed by atoms with Crippen molar-refractivity contribution in [2.24, 2.45) is 5.92 Å². The molecule has 2 aliphatic rings. The van der Waals surface area contributed by atoms with Crippen molar-refractivity contribution in [2.45, 2.75) is 19.4 Å². The van der Waals surface area contributed by atoms with Crippen LogP contribution >= 0.6 is 0 Å². The number of likely N-dealkylation sites (N-methyl/N-ethyl adjacent to an activating group) is 1. The molecule has 64 valence electrons. The molecule has 0 amide bonds. The van der Waals surface area contributed by atoms with Crippen LogP contribution in [-0.2, 0) is 0 Å². The predicted octanol–water partition coefficient (Wildman–Crippen LogP) is 0.642. The van der Waals surface area contributed by atoms with Crippen LogP contribution in [0, 0.1) is 5.92 Å². The Morgan fingerprint density at radius 1 is 1.18 bits per heavy atom. The molecular weight excluding hydrogens is 136 g/mol. The summed E-state index contributed by atoms with van der Waals surface area (Å²) in [6.45, 7) is 7.63. The van der Waals surface area contributed by atoms with Gasteiger partial charge in [0, 0.05) is 25.7 Å². The van der Waals surface area contributed by atoms with Gasteiger partial charge in [-0.3, -0.25) is 4.90 Å². The lowest BCUT2D eigenvalue weighted by molar-refractivity contribution is 0.0669. The van der Waals surface area contributed by atoms with E-state index in [1.165, 1.54) is 32.6 Å². The summed E-state index contributed by atoms with van der Waals surface area (Å²) >= 11 is 0. The molecule has 0 spiro atoms. The fraction of sp³-hybridized carbons (Fsp3) is 1.00. The first-order chi connectivity index (χ1) is 5.25. The number of nitrogens with zero attached hydrogens (tertiary/aromatic N) is 2. The molecule has 11 heavy (non-hydrogen) atoms. The number of hydrogen-bond acceptors (Lipinski definition) is 2. The second kappa shape index (κ2) is 2.76. The normalized spacial score (nSPS) is 36.0. The van der Waals surface area contributed by atoms with Gasteiger partial charge in [-0.1, -0.05) is 6.92 Å². The summed E-state index contributed by atoms with van der Waals surface area (Å²) in [5.74, 6) is 0.959. The van der Waals surface area contributed by atoms with E-state index in [2.05, 4.69) is 23.8 Å². The van der Waals surface area contributed by atoms with E-state index in [4.69, 9.17) is 0 Å². The fourth-order valence-corrected chi connectivity index (χ4v) is 2.26. The van der Waals surface area contributed by atoms with E-state index in [9.17, 15) is 0 Å². The van der Waals surface area contributed by atoms with Crippen molar-refractivity contribution < 1.29 is 0 Å². The van der Waals surface area contributed by atoms with Gasteiger partial charge >= 0.3 is 0 Å². The van der Waals surface area contributed by atoms with Crippen LogP contribution in [0.1, 0.15) is 13.3 Å². The molecule has 2 aliphatic heterocycles. The number of hydrogen-bond donors (Lipinski definition) is 0. The van der Waals surface area contributed by atoms with Crippen LogP contribution in [0.25, 0.3) is 0 Å². The molecule has 0 aromatic carbocycles. The lowest BCUT2D eigenvalue weighted by atomic mass is 9.99. The van der Waals surface area contributed by atoms with Crippen molar-refractivity contribution in [1.82, 2.24) is 9.80 Å². The van der Waals surface area contributed by atoms with Crippen molar-refractivity contribution in [2.75, 3.05) is 33.2 Å². The lowest BCUT2D eigenvalue weighted by Gasteiger charge is -2.41. The molecular formula is C9H18N2. The first-order valence-electron chi connectivity index (χ1n) is 4.68. The maximum absolute atomic E-state index is 2.63. The third kappa shape index (κ3) is 1.42. The van der Waals surface area contributed by atoms with Gasteiger partial charge in [0.05, 0.1) is 0 Å². The highest BCUT2D eigenvalue weighted by molar-refractivity contribution is 4.88. The van der Waals surface area contributed by atoms with Crippen molar-refractivity contribution in [3.05, 3.63) is 0 Å². The smallest absolute Gasteiger partial charge is 0.0235 e. The average Bonchev–Trinajstić information content (AvgIpc) is 2.29. The molecule has 2 nitrogen and oxygen atoms in total. The molecule has 1 atom stereocenters. The third-order valence-electron chi connectivity index (χ3n) is 2.98. The van der Waals surface area contributed by atoms with Gasteiger partial charge in [-0.05, 0) is 25.9 Å². The van der Waals surface area contributed by atoms with E-state index in [0.717, 1.165) is 12.0 Å². The molecule has 0 aliphatic carbocycles. The highest BCUT2D eigenvalue weighted by Crippen LogP contribution is 2.22. The highest BCUT2D eigenvalue weighted by atomic mass is 15.3. The summed E-state index contributed by atoms with van der Waals surface area (Å²) in [6, 6.07) is 0.885. The largest absolute Gasteiger partial charge is 0.305 e. The standard InChI is InChI=1S/C9H18N2/c1-8-5-11(6-8)9-3-4-10(2)7-9/h8-9H,3-7H2,1-2H3/t9-/m1/s1. The zero-order valence-electron chi connectivity index (χ0n) is 7.58. The zero-order valence-corrected chi connectivity index (χ0v) is 7.58. The lowest BCUT2D eigenvalue weighted by Crippen LogP contribution is -2.51. The minimum Gasteiger partial charge on any atom is -0.305 e. The van der Waals surface area contributed by atoms with Crippen LogP contribution in [0.15, 0.2) is 0 Å². The van der Waals surface area contributed by atoms with E-state index in [0.29, 0.717) is 0 Å². The van der Waals surface area contributed by atoms with Crippen molar-refractivity contribution >= 4 is 0 Å². The molecule has 0 radical (unpaired) electrons. The van der Waals surface area contributed by atoms with Gasteiger partial charge in [0.2, 0.25) is 0 Å². The van der Waals surface area contributed by atoms with Crippen LogP contribution in [0.5, 0.6) is 0 Å². The Morgan fingerprint density at radius 3 is 2.36 bits per heavy atom. The van der Waals surface area contributed by atoms with E-state index < -0.39 is 0 Å². The Morgan fingerprint density at radius 2 is 1.91 bits per heavy atom. The first-order valence-corrected chi connectivity index (χ1v) is 4.68. The van der Waals surface area contributed by atoms with E-state index >= 15 is 0 Å². The molecule has 2 heteroatoms. The second-order valence-corrected chi connectivity index (χ2v) is 4.26. The summed E-state index contributed by atoms with van der Waals surface area (Å²) in [5, 5.41) is 0. The van der Waals surface area contributed by atoms with Crippen LogP contribution in [-0.4, -0.2) is 49.1 Å². The second-order valence-electron chi connectivity index (χ2n) is 4.26. The molecule has 2 heterocycles. The average molecular weight is 154 g/mol. The van der Waals surface area contributed by atoms with Crippen molar-refractivity contribution in [3.63, 3.8) is 0 Å². The summed E-state index contributed by atoms with van der Waals surface area (Å²) in [6.07, 6.45) is 1.39. The van der Waals surface area contributed by atoms with Gasteiger partial charge in [0.1, 0.15) is 0 Å². The van der Waals surface area contributed by atoms with E-state index in [1.807, 2.05) is 0 Å². The van der Waals surface area contributed by atoms with Crippen LogP contribution < -0.4 is 0 Å². The molecule has 2 rings (SSSR count). The molecule has 0 N–H and O–H groups in total. The molecule has 0 aromatic rings. The zero-order chi connectivity index (χ0) is 7.84. The Hall–Kier alpha value is -0.0800. The van der Waals surface area contributed by atoms with Crippen molar-refractivity contribution in [3.8, 4) is 0 Å². The molecule has 2 saturated heterocycles. The summed E-state index contributed by atoms with van der Waals surface area (Å²) in [4.78, 5) is 5.07. The van der Waals surface area contributed by atoms with Gasteiger partial charge in [0.15, 0.2) is 0 Å². The van der Waals surface area contributed by atoms with Crippen LogP contribution in [0.2, 0.25) is 0 Å². The van der Waals surface area contributed by atoms with Gasteiger partial charge in [-0.25, -0.2) is 0 Å². The van der Waals surface area contributed by atoms with Gasteiger partial charge in [-0.2, -0.15) is 0 Å². The quantitative estimate of drug-likeness (QED) is 0.547. The molecule has 0 aromatic heterocycles. The Bertz CT molecular complexity index is 140. The maximum Gasteiger partial charge on any atom is 0.0235 e. The predicted molar refractivity (Wildman–Crippen MR) is 46.6 cm³/mol. The highest BCUT2D eigenvalue weighted by Gasteiger charge is 2.32. The Kier molecular flexibility index (Phi) is 1.90. The SMILES string of the molecule is CC1CN([C@@H]2CCN(C)C2)C1. The number of rotatable bonds is 1. The van der Waals surface area contributed by atoms with Gasteiger partial charge < -0.3 is 4.90 Å². The minimum absolute atomic E-state index is 0.885. The van der Waals surface area contributed by atoms with Crippen molar-refractivity contribution in [1.29, 1.82) is 0 Å². The summed E-state index contributed by atoms with van der Waals surface area (Å²) in [5.41, 5.74) is 0. The van der Waals surface area contributed by atoms with E-state index in [1.54, 1.807) is 0 Å². The Balaban J connectivity index is 1.79. The van der Waals surface area contributed by atoms with Gasteiger partial charge in [0.25, 0.3) is 0 Å². The fourth-order valence-electron chi connectivity index (χ4n) is 2.26. The third-order valence-corrected chi connectivity index (χ3v) is 2.98. The van der Waals surface area contributed by atoms with Crippen LogP contribution in [0.3, 0.4) is 0 Å². The maximum atomic E-state index is 2.63. The van der Waals surface area contributed by atoms with E-state index in [-0.39, 0.29) is 0 Å². The topological polar surface area (TPSA) is 6.48 Å². The number of likely N-dealkylation sites (tertiary alicyclic amines) is 2. The molecule has 0 saturated carbocycles. The monoisotopic (exact) mass is 154 g/mol. The summed E-state index contributed by atoms with van der Waals surface area (Å²) < 4.78 is 0. The molecule has 0 bridgehead atoms. The summed E-state index contributed by atoms with van der Waals surface area (Å²) in [7, 11) is 2.23. The van der Waals surface area contributed by atoms with Crippen LogP contribution in [0.4, 0.5) is 0 Å². The molecule has 2 fully saturated rings. The first kappa shape index (κ1) is 7.56.